The number of ether oxygens (including phenoxy) is 1. The second-order valence-electron chi connectivity index (χ2n) is 6.54. The smallest absolute Gasteiger partial charge is 0.325 e. The highest BCUT2D eigenvalue weighted by Crippen LogP contribution is 2.37. The topological polar surface area (TPSA) is 58.6 Å². The number of rotatable bonds is 3. The zero-order chi connectivity index (χ0) is 16.6. The molecule has 1 N–H and O–H groups in total. The lowest BCUT2D eigenvalue weighted by Crippen LogP contribution is -2.49. The average molecular weight is 381 g/mol. The van der Waals surface area contributed by atoms with Crippen LogP contribution in [-0.4, -0.2) is 29.5 Å². The van der Waals surface area contributed by atoms with E-state index < -0.39 is 5.54 Å². The minimum atomic E-state index is -0.692. The minimum absolute atomic E-state index is 0.101. The summed E-state index contributed by atoms with van der Waals surface area (Å²) >= 11 is 3.42. The van der Waals surface area contributed by atoms with Crippen molar-refractivity contribution in [2.45, 2.75) is 44.7 Å². The molecular weight excluding hydrogens is 360 g/mol. The van der Waals surface area contributed by atoms with Crippen molar-refractivity contribution in [1.82, 2.24) is 10.2 Å². The number of carbonyl (C=O) groups is 2. The maximum absolute atomic E-state index is 12.9. The Bertz CT molecular complexity index is 639. The van der Waals surface area contributed by atoms with Gasteiger partial charge in [0, 0.05) is 10.0 Å². The van der Waals surface area contributed by atoms with Gasteiger partial charge in [0.1, 0.15) is 11.3 Å². The lowest BCUT2D eigenvalue weighted by molar-refractivity contribution is -0.133. The standard InChI is InChI=1S/C17H21BrN2O3/c1-11-5-7-17(8-6-11)15(21)20(16(22)19-17)10-12-9-13(18)3-4-14(12)23-2/h3-4,9,11H,5-8,10H2,1-2H3,(H,19,22). The van der Waals surface area contributed by atoms with Crippen LogP contribution < -0.4 is 10.1 Å². The van der Waals surface area contributed by atoms with Gasteiger partial charge in [0.15, 0.2) is 0 Å². The number of hydrogen-bond donors (Lipinski definition) is 1. The maximum atomic E-state index is 12.9. The molecule has 0 bridgehead atoms. The molecule has 0 aromatic heterocycles. The van der Waals surface area contributed by atoms with Crippen LogP contribution >= 0.6 is 15.9 Å². The molecule has 1 saturated carbocycles. The minimum Gasteiger partial charge on any atom is -0.496 e. The SMILES string of the molecule is COc1ccc(Br)cc1CN1C(=O)NC2(CCC(C)CC2)C1=O. The zero-order valence-electron chi connectivity index (χ0n) is 13.4. The number of hydrogen-bond acceptors (Lipinski definition) is 3. The Hall–Kier alpha value is -1.56. The first-order valence-corrected chi connectivity index (χ1v) is 8.71. The van der Waals surface area contributed by atoms with E-state index in [9.17, 15) is 9.59 Å². The van der Waals surface area contributed by atoms with Gasteiger partial charge in [-0.15, -0.1) is 0 Å². The second kappa shape index (κ2) is 6.15. The monoisotopic (exact) mass is 380 g/mol. The Morgan fingerprint density at radius 1 is 1.35 bits per heavy atom. The zero-order valence-corrected chi connectivity index (χ0v) is 15.0. The molecule has 0 radical (unpaired) electrons. The largest absolute Gasteiger partial charge is 0.496 e. The highest BCUT2D eigenvalue weighted by molar-refractivity contribution is 9.10. The Kier molecular flexibility index (Phi) is 4.36. The molecule has 3 rings (SSSR count). The molecule has 5 nitrogen and oxygen atoms in total. The number of carbonyl (C=O) groups excluding carboxylic acids is 2. The van der Waals surface area contributed by atoms with Crippen LogP contribution in [-0.2, 0) is 11.3 Å². The fourth-order valence-corrected chi connectivity index (χ4v) is 3.86. The molecule has 2 aliphatic rings. The van der Waals surface area contributed by atoms with E-state index in [1.54, 1.807) is 7.11 Å². The summed E-state index contributed by atoms with van der Waals surface area (Å²) in [5.74, 6) is 1.19. The Balaban J connectivity index is 1.83. The average Bonchev–Trinajstić information content (AvgIpc) is 2.75. The van der Waals surface area contributed by atoms with E-state index in [1.165, 1.54) is 4.90 Å². The van der Waals surface area contributed by atoms with Gasteiger partial charge in [-0.3, -0.25) is 9.69 Å². The van der Waals surface area contributed by atoms with Crippen molar-refractivity contribution in [3.05, 3.63) is 28.2 Å². The molecule has 1 aromatic rings. The summed E-state index contributed by atoms with van der Waals surface area (Å²) in [5, 5.41) is 2.95. The van der Waals surface area contributed by atoms with Crippen LogP contribution in [0.2, 0.25) is 0 Å². The van der Waals surface area contributed by atoms with Crippen molar-refractivity contribution in [3.63, 3.8) is 0 Å². The van der Waals surface area contributed by atoms with Gasteiger partial charge in [0.05, 0.1) is 13.7 Å². The third-order valence-electron chi connectivity index (χ3n) is 4.94. The van der Waals surface area contributed by atoms with Gasteiger partial charge in [-0.05, 0) is 49.8 Å². The van der Waals surface area contributed by atoms with E-state index in [2.05, 4.69) is 28.2 Å². The molecule has 1 spiro atoms. The number of imide groups is 1. The molecule has 1 aromatic carbocycles. The van der Waals surface area contributed by atoms with Crippen LogP contribution in [0.4, 0.5) is 4.79 Å². The highest BCUT2D eigenvalue weighted by Gasteiger charge is 2.52. The summed E-state index contributed by atoms with van der Waals surface area (Å²) in [6.07, 6.45) is 3.40. The number of amides is 3. The van der Waals surface area contributed by atoms with Crippen LogP contribution in [0.25, 0.3) is 0 Å². The van der Waals surface area contributed by atoms with Crippen LogP contribution in [0.15, 0.2) is 22.7 Å². The molecule has 2 fully saturated rings. The number of urea groups is 1. The number of halogens is 1. The summed E-state index contributed by atoms with van der Waals surface area (Å²) in [6, 6.07) is 5.29. The van der Waals surface area contributed by atoms with E-state index >= 15 is 0 Å². The number of benzene rings is 1. The predicted molar refractivity (Wildman–Crippen MR) is 90.1 cm³/mol. The molecule has 23 heavy (non-hydrogen) atoms. The van der Waals surface area contributed by atoms with Crippen LogP contribution in [0.5, 0.6) is 5.75 Å². The Labute approximate surface area is 144 Å². The number of nitrogens with one attached hydrogen (secondary N) is 1. The Morgan fingerprint density at radius 3 is 2.70 bits per heavy atom. The summed E-state index contributed by atoms with van der Waals surface area (Å²) in [4.78, 5) is 26.6. The van der Waals surface area contributed by atoms with E-state index in [-0.39, 0.29) is 18.5 Å². The first-order valence-electron chi connectivity index (χ1n) is 7.92. The van der Waals surface area contributed by atoms with Crippen LogP contribution in [0.3, 0.4) is 0 Å². The first-order chi connectivity index (χ1) is 10.9. The fraction of sp³-hybridized carbons (Fsp3) is 0.529. The van der Waals surface area contributed by atoms with Gasteiger partial charge < -0.3 is 10.1 Å². The molecule has 1 aliphatic heterocycles. The second-order valence-corrected chi connectivity index (χ2v) is 7.46. The summed E-state index contributed by atoms with van der Waals surface area (Å²) < 4.78 is 6.23. The van der Waals surface area contributed by atoms with Gasteiger partial charge in [-0.1, -0.05) is 22.9 Å². The number of nitrogens with zero attached hydrogens (tertiary/aromatic N) is 1. The molecular formula is C17H21BrN2O3. The third-order valence-corrected chi connectivity index (χ3v) is 5.44. The highest BCUT2D eigenvalue weighted by atomic mass is 79.9. The summed E-state index contributed by atoms with van der Waals surface area (Å²) in [7, 11) is 1.59. The van der Waals surface area contributed by atoms with E-state index in [1.807, 2.05) is 18.2 Å². The third kappa shape index (κ3) is 2.96. The Morgan fingerprint density at radius 2 is 2.04 bits per heavy atom. The van der Waals surface area contributed by atoms with Crippen LogP contribution in [0.1, 0.15) is 38.2 Å². The van der Waals surface area contributed by atoms with Crippen molar-refractivity contribution in [2.24, 2.45) is 5.92 Å². The molecule has 1 saturated heterocycles. The van der Waals surface area contributed by atoms with Crippen molar-refractivity contribution in [1.29, 1.82) is 0 Å². The van der Waals surface area contributed by atoms with Crippen LogP contribution in [0, 0.1) is 5.92 Å². The van der Waals surface area contributed by atoms with E-state index in [0.29, 0.717) is 11.7 Å². The van der Waals surface area contributed by atoms with E-state index in [4.69, 9.17) is 4.74 Å². The van der Waals surface area contributed by atoms with Gasteiger partial charge in [-0.25, -0.2) is 4.79 Å². The van der Waals surface area contributed by atoms with Crippen molar-refractivity contribution in [3.8, 4) is 5.75 Å². The van der Waals surface area contributed by atoms with Gasteiger partial charge in [-0.2, -0.15) is 0 Å². The first kappa shape index (κ1) is 16.3. The van der Waals surface area contributed by atoms with Gasteiger partial charge >= 0.3 is 6.03 Å². The molecule has 6 heteroatoms. The lowest BCUT2D eigenvalue weighted by Gasteiger charge is -2.33. The molecule has 0 unspecified atom stereocenters. The molecule has 3 amide bonds. The quantitative estimate of drug-likeness (QED) is 0.816. The summed E-state index contributed by atoms with van der Waals surface area (Å²) in [6.45, 7) is 2.42. The van der Waals surface area contributed by atoms with Gasteiger partial charge in [0.2, 0.25) is 0 Å². The van der Waals surface area contributed by atoms with Gasteiger partial charge in [0.25, 0.3) is 5.91 Å². The van der Waals surface area contributed by atoms with Crippen molar-refractivity contribution >= 4 is 27.9 Å². The number of methoxy groups -OCH3 is 1. The van der Waals surface area contributed by atoms with Crippen molar-refractivity contribution < 1.29 is 14.3 Å². The molecule has 124 valence electrons. The molecule has 0 atom stereocenters. The predicted octanol–water partition coefficient (Wildman–Crippen LogP) is 3.46. The lowest BCUT2D eigenvalue weighted by atomic mass is 9.77. The fourth-order valence-electron chi connectivity index (χ4n) is 3.45. The molecule has 1 aliphatic carbocycles. The summed E-state index contributed by atoms with van der Waals surface area (Å²) in [5.41, 5.74) is 0.120. The van der Waals surface area contributed by atoms with Crippen molar-refractivity contribution in [2.75, 3.05) is 7.11 Å². The maximum Gasteiger partial charge on any atom is 0.325 e. The molecule has 1 heterocycles. The van der Waals surface area contributed by atoms with E-state index in [0.717, 1.165) is 35.7 Å². The normalized spacial score (nSPS) is 27.4.